The van der Waals surface area contributed by atoms with Crippen LogP contribution in [0.1, 0.15) is 46.0 Å². The standard InChI is InChI=1S/C18H27NO6/c1-4-5-6-7-8-22-15(20)12-10-23-16(24-17(21)19-3)14-11(12)9-13-18(14,2)25-13/h10-11,13-14,16H,4-9H2,1-3H3,(H,19,21)/t11-,13+,14+,16+,18+/m1/s1. The molecular formula is C18H27NO6. The Hall–Kier alpha value is -1.76. The summed E-state index contributed by atoms with van der Waals surface area (Å²) in [5.74, 6) is -0.618. The highest BCUT2D eigenvalue weighted by Gasteiger charge is 2.71. The molecule has 7 heteroatoms. The van der Waals surface area contributed by atoms with E-state index in [1.165, 1.54) is 13.3 Å². The molecule has 5 atom stereocenters. The first-order chi connectivity index (χ1) is 12.0. The van der Waals surface area contributed by atoms with Gasteiger partial charge in [0.15, 0.2) is 0 Å². The number of nitrogens with one attached hydrogen (secondary N) is 1. The van der Waals surface area contributed by atoms with E-state index in [-0.39, 0.29) is 23.9 Å². The van der Waals surface area contributed by atoms with Gasteiger partial charge in [-0.1, -0.05) is 26.2 Å². The van der Waals surface area contributed by atoms with Crippen LogP contribution in [-0.4, -0.2) is 43.7 Å². The normalized spacial score (nSPS) is 34.9. The predicted octanol–water partition coefficient (Wildman–Crippen LogP) is 2.50. The second-order valence-electron chi connectivity index (χ2n) is 7.09. The van der Waals surface area contributed by atoms with Crippen molar-refractivity contribution in [1.29, 1.82) is 0 Å². The summed E-state index contributed by atoms with van der Waals surface area (Å²) >= 11 is 0. The first-order valence-electron chi connectivity index (χ1n) is 9.10. The molecule has 0 unspecified atom stereocenters. The Labute approximate surface area is 148 Å². The predicted molar refractivity (Wildman–Crippen MR) is 88.5 cm³/mol. The molecule has 0 aromatic rings. The molecule has 0 radical (unpaired) electrons. The molecule has 140 valence electrons. The monoisotopic (exact) mass is 353 g/mol. The highest BCUT2D eigenvalue weighted by atomic mass is 16.7. The second kappa shape index (κ2) is 7.23. The van der Waals surface area contributed by atoms with E-state index in [9.17, 15) is 9.59 Å². The number of ether oxygens (including phenoxy) is 4. The van der Waals surface area contributed by atoms with E-state index in [4.69, 9.17) is 18.9 Å². The molecule has 1 saturated carbocycles. The van der Waals surface area contributed by atoms with Crippen LogP contribution in [-0.2, 0) is 23.7 Å². The topological polar surface area (TPSA) is 86.4 Å². The number of epoxide rings is 1. The largest absolute Gasteiger partial charge is 0.462 e. The zero-order valence-electron chi connectivity index (χ0n) is 15.1. The zero-order chi connectivity index (χ0) is 18.0. The van der Waals surface area contributed by atoms with E-state index in [0.717, 1.165) is 32.1 Å². The van der Waals surface area contributed by atoms with E-state index < -0.39 is 18.0 Å². The van der Waals surface area contributed by atoms with Crippen molar-refractivity contribution >= 4 is 12.1 Å². The molecule has 2 fully saturated rings. The number of amides is 1. The van der Waals surface area contributed by atoms with Gasteiger partial charge in [-0.25, -0.2) is 9.59 Å². The molecular weight excluding hydrogens is 326 g/mol. The summed E-state index contributed by atoms with van der Waals surface area (Å²) in [6.45, 7) is 4.54. The molecule has 0 bridgehead atoms. The molecule has 0 aromatic heterocycles. The van der Waals surface area contributed by atoms with Crippen molar-refractivity contribution in [3.8, 4) is 0 Å². The van der Waals surface area contributed by atoms with Crippen LogP contribution in [0.25, 0.3) is 0 Å². The Morgan fingerprint density at radius 1 is 1.36 bits per heavy atom. The molecule has 0 aromatic carbocycles. The third kappa shape index (κ3) is 3.47. The van der Waals surface area contributed by atoms with Gasteiger partial charge in [-0.05, 0) is 19.8 Å². The molecule has 0 spiro atoms. The van der Waals surface area contributed by atoms with Gasteiger partial charge in [-0.2, -0.15) is 0 Å². The summed E-state index contributed by atoms with van der Waals surface area (Å²) in [6, 6.07) is 0. The summed E-state index contributed by atoms with van der Waals surface area (Å²) in [6.07, 6.45) is 5.07. The van der Waals surface area contributed by atoms with Gasteiger partial charge in [0.1, 0.15) is 5.60 Å². The number of carbonyl (C=O) groups excluding carboxylic acids is 2. The van der Waals surface area contributed by atoms with Crippen LogP contribution in [0.3, 0.4) is 0 Å². The summed E-state index contributed by atoms with van der Waals surface area (Å²) < 4.78 is 22.0. The quantitative estimate of drug-likeness (QED) is 0.430. The van der Waals surface area contributed by atoms with Crippen LogP contribution in [0.5, 0.6) is 0 Å². The van der Waals surface area contributed by atoms with Crippen LogP contribution in [0.2, 0.25) is 0 Å². The summed E-state index contributed by atoms with van der Waals surface area (Å²) in [5.41, 5.74) is 0.110. The SMILES string of the molecule is CCCCCCOC(=O)C1=CO[C@@H](OC(=O)NC)[C@@H]2[C@@H]1C[C@@H]1O[C@]21C. The molecule has 3 aliphatic rings. The molecule has 3 rings (SSSR count). The third-order valence-corrected chi connectivity index (χ3v) is 5.46. The number of unbranched alkanes of at least 4 members (excludes halogenated alkanes) is 3. The number of hydrogen-bond acceptors (Lipinski definition) is 6. The average molecular weight is 353 g/mol. The van der Waals surface area contributed by atoms with Gasteiger partial charge >= 0.3 is 12.1 Å². The molecule has 7 nitrogen and oxygen atoms in total. The Morgan fingerprint density at radius 2 is 2.16 bits per heavy atom. The van der Waals surface area contributed by atoms with Gasteiger partial charge in [0.25, 0.3) is 6.29 Å². The minimum atomic E-state index is -0.761. The smallest absolute Gasteiger partial charge is 0.409 e. The summed E-state index contributed by atoms with van der Waals surface area (Å²) in [5, 5.41) is 2.42. The maximum atomic E-state index is 12.5. The maximum absolute atomic E-state index is 12.5. The minimum Gasteiger partial charge on any atom is -0.462 e. The fraction of sp³-hybridized carbons (Fsp3) is 0.778. The van der Waals surface area contributed by atoms with Gasteiger partial charge in [0.2, 0.25) is 0 Å². The van der Waals surface area contributed by atoms with Gasteiger partial charge in [0, 0.05) is 13.0 Å². The summed E-state index contributed by atoms with van der Waals surface area (Å²) in [7, 11) is 1.49. The number of hydrogen-bond donors (Lipinski definition) is 1. The lowest BCUT2D eigenvalue weighted by Crippen LogP contribution is -2.44. The number of esters is 1. The molecule has 1 aliphatic carbocycles. The van der Waals surface area contributed by atoms with E-state index in [1.807, 2.05) is 6.92 Å². The number of fused-ring (bicyclic) bond motifs is 3. The molecule has 1 amide bonds. The van der Waals surface area contributed by atoms with Crippen LogP contribution >= 0.6 is 0 Å². The van der Waals surface area contributed by atoms with Crippen LogP contribution in [0.15, 0.2) is 11.8 Å². The number of alkyl carbamates (subject to hydrolysis) is 1. The Balaban J connectivity index is 1.64. The maximum Gasteiger partial charge on any atom is 0.409 e. The Morgan fingerprint density at radius 3 is 2.88 bits per heavy atom. The van der Waals surface area contributed by atoms with Crippen LogP contribution in [0, 0.1) is 11.8 Å². The van der Waals surface area contributed by atoms with Crippen molar-refractivity contribution in [3.63, 3.8) is 0 Å². The third-order valence-electron chi connectivity index (χ3n) is 5.46. The van der Waals surface area contributed by atoms with Gasteiger partial charge < -0.3 is 24.3 Å². The van der Waals surface area contributed by atoms with Crippen molar-refractivity contribution in [2.75, 3.05) is 13.7 Å². The molecule has 1 N–H and O–H groups in total. The van der Waals surface area contributed by atoms with Gasteiger partial charge in [-0.15, -0.1) is 0 Å². The first-order valence-corrected chi connectivity index (χ1v) is 9.10. The molecule has 2 heterocycles. The first kappa shape index (κ1) is 18.0. The number of carbonyl (C=O) groups is 2. The van der Waals surface area contributed by atoms with Crippen LogP contribution in [0.4, 0.5) is 4.79 Å². The number of rotatable bonds is 7. The minimum absolute atomic E-state index is 0.0701. The van der Waals surface area contributed by atoms with E-state index in [2.05, 4.69) is 12.2 Å². The lowest BCUT2D eigenvalue weighted by Gasteiger charge is -2.35. The summed E-state index contributed by atoms with van der Waals surface area (Å²) in [4.78, 5) is 24.0. The van der Waals surface area contributed by atoms with Crippen molar-refractivity contribution in [1.82, 2.24) is 5.32 Å². The zero-order valence-corrected chi connectivity index (χ0v) is 15.1. The Kier molecular flexibility index (Phi) is 5.22. The van der Waals surface area contributed by atoms with E-state index in [0.29, 0.717) is 12.2 Å². The average Bonchev–Trinajstić information content (AvgIpc) is 3.15. The van der Waals surface area contributed by atoms with Gasteiger partial charge in [-0.3, -0.25) is 0 Å². The van der Waals surface area contributed by atoms with Crippen molar-refractivity contribution in [2.45, 2.75) is 63.9 Å². The molecule has 2 aliphatic heterocycles. The fourth-order valence-corrected chi connectivity index (χ4v) is 3.96. The lowest BCUT2D eigenvalue weighted by atomic mass is 9.82. The fourth-order valence-electron chi connectivity index (χ4n) is 3.96. The van der Waals surface area contributed by atoms with Gasteiger partial charge in [0.05, 0.1) is 30.5 Å². The highest BCUT2D eigenvalue weighted by Crippen LogP contribution is 2.61. The van der Waals surface area contributed by atoms with Crippen molar-refractivity contribution in [3.05, 3.63) is 11.8 Å². The van der Waals surface area contributed by atoms with Crippen LogP contribution < -0.4 is 5.32 Å². The molecule has 1 saturated heterocycles. The Bertz CT molecular complexity index is 562. The molecule has 25 heavy (non-hydrogen) atoms. The van der Waals surface area contributed by atoms with E-state index in [1.54, 1.807) is 0 Å². The lowest BCUT2D eigenvalue weighted by molar-refractivity contribution is -0.152. The van der Waals surface area contributed by atoms with Crippen molar-refractivity contribution < 1.29 is 28.5 Å². The van der Waals surface area contributed by atoms with Crippen molar-refractivity contribution in [2.24, 2.45) is 11.8 Å². The van der Waals surface area contributed by atoms with E-state index >= 15 is 0 Å². The second-order valence-corrected chi connectivity index (χ2v) is 7.09. The highest BCUT2D eigenvalue weighted by molar-refractivity contribution is 5.89.